The Morgan fingerprint density at radius 1 is 1.04 bits per heavy atom. The van der Waals surface area contributed by atoms with Crippen LogP contribution in [0.4, 0.5) is 5.69 Å². The predicted molar refractivity (Wildman–Crippen MR) is 112 cm³/mol. The van der Waals surface area contributed by atoms with Crippen LogP contribution in [0.5, 0.6) is 5.75 Å². The standard InChI is InChI=1S/C20H22Cl2N2O.ClH/c21-17-7-6-16-15-8-10-23-11-9-18(15)24(20(16)19(17)22)12-13-25-14-4-2-1-3-5-14;/h1-7,15,18,23H,8-13H2;1H/t15-,18-;/m0./s1. The third-order valence-corrected chi connectivity index (χ3v) is 6.04. The third kappa shape index (κ3) is 3.77. The van der Waals surface area contributed by atoms with Gasteiger partial charge in [0.15, 0.2) is 0 Å². The Morgan fingerprint density at radius 2 is 1.81 bits per heavy atom. The molecule has 0 spiro atoms. The molecular weight excluding hydrogens is 391 g/mol. The number of nitrogens with zero attached hydrogens (tertiary/aromatic N) is 1. The maximum atomic E-state index is 6.61. The molecule has 0 amide bonds. The molecule has 0 aliphatic carbocycles. The van der Waals surface area contributed by atoms with E-state index in [4.69, 9.17) is 27.9 Å². The quantitative estimate of drug-likeness (QED) is 0.750. The summed E-state index contributed by atoms with van der Waals surface area (Å²) >= 11 is 12.9. The number of para-hydroxylation sites is 1. The molecule has 0 aromatic heterocycles. The molecule has 4 rings (SSSR count). The second-order valence-electron chi connectivity index (χ2n) is 6.66. The molecule has 2 heterocycles. The van der Waals surface area contributed by atoms with E-state index >= 15 is 0 Å². The minimum absolute atomic E-state index is 0. The average molecular weight is 414 g/mol. The van der Waals surface area contributed by atoms with Gasteiger partial charge in [-0.25, -0.2) is 0 Å². The Labute approximate surface area is 171 Å². The first kappa shape index (κ1) is 19.6. The number of hydrogen-bond donors (Lipinski definition) is 1. The van der Waals surface area contributed by atoms with Crippen LogP contribution in [0.25, 0.3) is 0 Å². The number of rotatable bonds is 4. The molecule has 0 unspecified atom stereocenters. The first-order chi connectivity index (χ1) is 12.3. The summed E-state index contributed by atoms with van der Waals surface area (Å²) in [5.74, 6) is 1.41. The number of anilines is 1. The maximum Gasteiger partial charge on any atom is 0.119 e. The molecule has 1 saturated heterocycles. The van der Waals surface area contributed by atoms with E-state index in [1.165, 1.54) is 5.56 Å². The lowest BCUT2D eigenvalue weighted by Crippen LogP contribution is -2.37. The Morgan fingerprint density at radius 3 is 2.62 bits per heavy atom. The number of hydrogen-bond acceptors (Lipinski definition) is 3. The van der Waals surface area contributed by atoms with E-state index in [0.29, 0.717) is 28.6 Å². The molecule has 2 aliphatic rings. The molecular formula is C20H23Cl3N2O. The lowest BCUT2D eigenvalue weighted by Gasteiger charge is -2.29. The highest BCUT2D eigenvalue weighted by Gasteiger charge is 2.40. The van der Waals surface area contributed by atoms with Gasteiger partial charge in [0.2, 0.25) is 0 Å². The van der Waals surface area contributed by atoms with Crippen molar-refractivity contribution in [2.45, 2.75) is 24.8 Å². The van der Waals surface area contributed by atoms with E-state index in [1.54, 1.807) is 0 Å². The Kier molecular flexibility index (Phi) is 6.57. The second kappa shape index (κ2) is 8.71. The minimum atomic E-state index is 0. The summed E-state index contributed by atoms with van der Waals surface area (Å²) in [4.78, 5) is 2.42. The fourth-order valence-electron chi connectivity index (χ4n) is 4.13. The van der Waals surface area contributed by atoms with E-state index in [9.17, 15) is 0 Å². The van der Waals surface area contributed by atoms with Crippen LogP contribution in [0.1, 0.15) is 24.3 Å². The lowest BCUT2D eigenvalue weighted by atomic mass is 9.91. The van der Waals surface area contributed by atoms with Crippen LogP contribution in [0.2, 0.25) is 10.0 Å². The van der Waals surface area contributed by atoms with Gasteiger partial charge in [0.25, 0.3) is 0 Å². The average Bonchev–Trinajstić information content (AvgIpc) is 2.78. The summed E-state index contributed by atoms with van der Waals surface area (Å²) in [6.07, 6.45) is 2.24. The zero-order chi connectivity index (χ0) is 17.2. The van der Waals surface area contributed by atoms with E-state index in [-0.39, 0.29) is 12.4 Å². The van der Waals surface area contributed by atoms with E-state index in [2.05, 4.69) is 16.3 Å². The fourth-order valence-corrected chi connectivity index (χ4v) is 4.56. The van der Waals surface area contributed by atoms with Crippen LogP contribution in [0.15, 0.2) is 42.5 Å². The van der Waals surface area contributed by atoms with Crippen LogP contribution in [0.3, 0.4) is 0 Å². The SMILES string of the molecule is Cl.Clc1ccc2c(c1Cl)N(CCOc1ccccc1)[C@H]1CCNCC[C@@H]21. The van der Waals surface area contributed by atoms with Gasteiger partial charge in [0.1, 0.15) is 12.4 Å². The van der Waals surface area contributed by atoms with Crippen molar-refractivity contribution in [2.75, 3.05) is 31.1 Å². The van der Waals surface area contributed by atoms with Gasteiger partial charge in [-0.15, -0.1) is 12.4 Å². The van der Waals surface area contributed by atoms with Gasteiger partial charge >= 0.3 is 0 Å². The maximum absolute atomic E-state index is 6.61. The molecule has 2 atom stereocenters. The molecule has 6 heteroatoms. The molecule has 2 aromatic carbocycles. The Hall–Kier alpha value is -1.13. The highest BCUT2D eigenvalue weighted by atomic mass is 35.5. The molecule has 26 heavy (non-hydrogen) atoms. The van der Waals surface area contributed by atoms with E-state index < -0.39 is 0 Å². The molecule has 1 N–H and O–H groups in total. The smallest absolute Gasteiger partial charge is 0.119 e. The van der Waals surface area contributed by atoms with Gasteiger partial charge in [-0.3, -0.25) is 0 Å². The van der Waals surface area contributed by atoms with Crippen molar-refractivity contribution in [3.63, 3.8) is 0 Å². The van der Waals surface area contributed by atoms with Gasteiger partial charge in [-0.1, -0.05) is 47.5 Å². The molecule has 2 aromatic rings. The lowest BCUT2D eigenvalue weighted by molar-refractivity contribution is 0.317. The minimum Gasteiger partial charge on any atom is -0.492 e. The molecule has 1 fully saturated rings. The predicted octanol–water partition coefficient (Wildman–Crippen LogP) is 5.15. The molecule has 0 bridgehead atoms. The first-order valence-corrected chi connectivity index (χ1v) is 9.64. The van der Waals surface area contributed by atoms with Crippen molar-refractivity contribution in [3.05, 3.63) is 58.1 Å². The molecule has 140 valence electrons. The summed E-state index contributed by atoms with van der Waals surface area (Å²) in [6.45, 7) is 3.53. The van der Waals surface area contributed by atoms with Crippen LogP contribution < -0.4 is 15.0 Å². The zero-order valence-corrected chi connectivity index (χ0v) is 16.8. The zero-order valence-electron chi connectivity index (χ0n) is 14.5. The van der Waals surface area contributed by atoms with Crippen LogP contribution in [-0.2, 0) is 0 Å². The van der Waals surface area contributed by atoms with Crippen molar-refractivity contribution in [2.24, 2.45) is 0 Å². The molecule has 3 nitrogen and oxygen atoms in total. The monoisotopic (exact) mass is 412 g/mol. The van der Waals surface area contributed by atoms with Gasteiger partial charge in [0, 0.05) is 12.0 Å². The second-order valence-corrected chi connectivity index (χ2v) is 7.44. The van der Waals surface area contributed by atoms with Gasteiger partial charge in [-0.2, -0.15) is 0 Å². The van der Waals surface area contributed by atoms with Crippen molar-refractivity contribution in [1.29, 1.82) is 0 Å². The van der Waals surface area contributed by atoms with Gasteiger partial charge in [-0.05, 0) is 49.7 Å². The molecule has 0 saturated carbocycles. The largest absolute Gasteiger partial charge is 0.492 e. The number of fused-ring (bicyclic) bond motifs is 3. The number of ether oxygens (including phenoxy) is 1. The summed E-state index contributed by atoms with van der Waals surface area (Å²) in [7, 11) is 0. The number of benzene rings is 2. The van der Waals surface area contributed by atoms with Crippen molar-refractivity contribution in [1.82, 2.24) is 5.32 Å². The Balaban J connectivity index is 0.00000196. The highest BCUT2D eigenvalue weighted by Crippen LogP contribution is 2.49. The fraction of sp³-hybridized carbons (Fsp3) is 0.400. The van der Waals surface area contributed by atoms with Crippen molar-refractivity contribution in [3.8, 4) is 5.75 Å². The van der Waals surface area contributed by atoms with Gasteiger partial charge < -0.3 is 15.0 Å². The third-order valence-electron chi connectivity index (χ3n) is 5.24. The molecule has 2 aliphatic heterocycles. The number of nitrogens with one attached hydrogen (secondary N) is 1. The van der Waals surface area contributed by atoms with Crippen LogP contribution >= 0.6 is 35.6 Å². The summed E-state index contributed by atoms with van der Waals surface area (Å²) in [5.41, 5.74) is 2.45. The number of halogens is 3. The van der Waals surface area contributed by atoms with Crippen molar-refractivity contribution >= 4 is 41.3 Å². The first-order valence-electron chi connectivity index (χ1n) is 8.89. The van der Waals surface area contributed by atoms with E-state index in [0.717, 1.165) is 43.9 Å². The summed E-state index contributed by atoms with van der Waals surface area (Å²) in [5, 5.41) is 4.83. The Bertz CT molecular complexity index is 741. The van der Waals surface area contributed by atoms with Crippen molar-refractivity contribution < 1.29 is 4.74 Å². The van der Waals surface area contributed by atoms with Gasteiger partial charge in [0.05, 0.1) is 22.3 Å². The molecule has 0 radical (unpaired) electrons. The van der Waals surface area contributed by atoms with E-state index in [1.807, 2.05) is 36.4 Å². The van der Waals surface area contributed by atoms with Crippen LogP contribution in [0, 0.1) is 0 Å². The van der Waals surface area contributed by atoms with Crippen LogP contribution in [-0.4, -0.2) is 32.3 Å². The normalized spacial score (nSPS) is 21.4. The summed E-state index contributed by atoms with van der Waals surface area (Å²) < 4.78 is 5.93. The summed E-state index contributed by atoms with van der Waals surface area (Å²) in [6, 6.07) is 14.5. The highest BCUT2D eigenvalue weighted by molar-refractivity contribution is 6.44. The topological polar surface area (TPSA) is 24.5 Å².